The van der Waals surface area contributed by atoms with Crippen molar-refractivity contribution in [2.24, 2.45) is 0 Å². The fraction of sp³-hybridized carbons (Fsp3) is 0.267. The summed E-state index contributed by atoms with van der Waals surface area (Å²) in [5, 5.41) is 7.42. The third kappa shape index (κ3) is 2.86. The molecular formula is C15H13N3O5S3. The van der Waals surface area contributed by atoms with Gasteiger partial charge in [0.15, 0.2) is 0 Å². The maximum atomic E-state index is 12.7. The molecule has 11 heteroatoms. The molecule has 0 N–H and O–H groups in total. The van der Waals surface area contributed by atoms with Crippen molar-refractivity contribution in [3.8, 4) is 10.7 Å². The van der Waals surface area contributed by atoms with Crippen molar-refractivity contribution in [3.63, 3.8) is 0 Å². The summed E-state index contributed by atoms with van der Waals surface area (Å²) in [6.45, 7) is 0.454. The standard InChI is InChI=1S/C15H13N3O5S3/c1-22-15(19)12-11(4-6-25-12)26(20,21)18-7-9(8-18)14-16-13(17-23-14)10-3-2-5-24-10/h2-6,9H,7-8H2,1H3. The first-order valence-corrected chi connectivity index (χ1v) is 10.7. The average molecular weight is 411 g/mol. The Kier molecular flexibility index (Phi) is 4.39. The van der Waals surface area contributed by atoms with Crippen molar-refractivity contribution in [1.29, 1.82) is 0 Å². The number of carbonyl (C=O) groups is 1. The molecule has 26 heavy (non-hydrogen) atoms. The molecule has 0 atom stereocenters. The number of esters is 1. The van der Waals surface area contributed by atoms with E-state index in [1.807, 2.05) is 17.5 Å². The summed E-state index contributed by atoms with van der Waals surface area (Å²) in [6, 6.07) is 5.20. The molecular weight excluding hydrogens is 398 g/mol. The number of sulfonamides is 1. The molecule has 0 spiro atoms. The SMILES string of the molecule is COC(=O)c1sccc1S(=O)(=O)N1CC(c2nc(-c3cccs3)no2)C1. The van der Waals surface area contributed by atoms with Crippen molar-refractivity contribution in [2.45, 2.75) is 10.8 Å². The van der Waals surface area contributed by atoms with E-state index in [0.29, 0.717) is 11.7 Å². The Morgan fingerprint density at radius 2 is 2.12 bits per heavy atom. The minimum Gasteiger partial charge on any atom is -0.465 e. The molecule has 1 saturated heterocycles. The molecule has 8 nitrogen and oxygen atoms in total. The zero-order valence-electron chi connectivity index (χ0n) is 13.5. The Morgan fingerprint density at radius 3 is 2.81 bits per heavy atom. The van der Waals surface area contributed by atoms with Crippen LogP contribution in [0.5, 0.6) is 0 Å². The number of carbonyl (C=O) groups excluding carboxylic acids is 1. The first kappa shape index (κ1) is 17.3. The van der Waals surface area contributed by atoms with Gasteiger partial charge in [0.2, 0.25) is 21.7 Å². The molecule has 0 amide bonds. The summed E-state index contributed by atoms with van der Waals surface area (Å²) in [4.78, 5) is 17.0. The highest BCUT2D eigenvalue weighted by atomic mass is 32.2. The minimum absolute atomic E-state index is 0.0300. The topological polar surface area (TPSA) is 103 Å². The van der Waals surface area contributed by atoms with Crippen LogP contribution in [0.2, 0.25) is 0 Å². The maximum absolute atomic E-state index is 12.7. The van der Waals surface area contributed by atoms with E-state index in [2.05, 4.69) is 14.9 Å². The Bertz CT molecular complexity index is 1030. The van der Waals surface area contributed by atoms with E-state index in [-0.39, 0.29) is 28.8 Å². The highest BCUT2D eigenvalue weighted by Gasteiger charge is 2.42. The Morgan fingerprint density at radius 1 is 1.31 bits per heavy atom. The summed E-state index contributed by atoms with van der Waals surface area (Å²) < 4.78 is 36.7. The highest BCUT2D eigenvalue weighted by Crippen LogP contribution is 2.34. The zero-order chi connectivity index (χ0) is 18.3. The van der Waals surface area contributed by atoms with E-state index in [1.165, 1.54) is 28.8 Å². The zero-order valence-corrected chi connectivity index (χ0v) is 15.9. The van der Waals surface area contributed by atoms with Gasteiger partial charge >= 0.3 is 5.97 Å². The van der Waals surface area contributed by atoms with Gasteiger partial charge in [-0.15, -0.1) is 22.7 Å². The highest BCUT2D eigenvalue weighted by molar-refractivity contribution is 7.89. The van der Waals surface area contributed by atoms with Crippen LogP contribution in [-0.4, -0.2) is 49.0 Å². The number of ether oxygens (including phenoxy) is 1. The van der Waals surface area contributed by atoms with Gasteiger partial charge in [0, 0.05) is 13.1 Å². The van der Waals surface area contributed by atoms with Crippen molar-refractivity contribution in [3.05, 3.63) is 39.7 Å². The lowest BCUT2D eigenvalue weighted by Crippen LogP contribution is -2.48. The smallest absolute Gasteiger partial charge is 0.349 e. The first-order chi connectivity index (χ1) is 12.5. The number of rotatable bonds is 5. The monoisotopic (exact) mass is 411 g/mol. The summed E-state index contributed by atoms with van der Waals surface area (Å²) >= 11 is 2.54. The molecule has 1 aliphatic heterocycles. The third-order valence-corrected chi connectivity index (χ3v) is 7.76. The van der Waals surface area contributed by atoms with Crippen LogP contribution in [0.4, 0.5) is 0 Å². The van der Waals surface area contributed by atoms with Crippen molar-refractivity contribution in [1.82, 2.24) is 14.4 Å². The largest absolute Gasteiger partial charge is 0.465 e. The minimum atomic E-state index is -3.77. The molecule has 3 aromatic rings. The van der Waals surface area contributed by atoms with Crippen molar-refractivity contribution >= 4 is 38.7 Å². The summed E-state index contributed by atoms with van der Waals surface area (Å²) in [6.07, 6.45) is 0. The van der Waals surface area contributed by atoms with Crippen LogP contribution < -0.4 is 0 Å². The van der Waals surface area contributed by atoms with Crippen LogP contribution >= 0.6 is 22.7 Å². The molecule has 136 valence electrons. The fourth-order valence-electron chi connectivity index (χ4n) is 2.58. The molecule has 4 rings (SSSR count). The Hall–Kier alpha value is -2.08. The number of methoxy groups -OCH3 is 1. The number of hydrogen-bond acceptors (Lipinski definition) is 9. The number of nitrogens with zero attached hydrogens (tertiary/aromatic N) is 3. The van der Waals surface area contributed by atoms with E-state index in [0.717, 1.165) is 16.2 Å². The lowest BCUT2D eigenvalue weighted by atomic mass is 10.0. The predicted octanol–water partition coefficient (Wildman–Crippen LogP) is 2.43. The van der Waals surface area contributed by atoms with Gasteiger partial charge in [-0.3, -0.25) is 0 Å². The fourth-order valence-corrected chi connectivity index (χ4v) is 6.07. The van der Waals surface area contributed by atoms with Gasteiger partial charge in [-0.25, -0.2) is 13.2 Å². The van der Waals surface area contributed by atoms with Gasteiger partial charge in [0.1, 0.15) is 9.77 Å². The quantitative estimate of drug-likeness (QED) is 0.594. The van der Waals surface area contributed by atoms with Crippen LogP contribution in [0.15, 0.2) is 38.4 Å². The third-order valence-electron chi connectivity index (χ3n) is 4.00. The molecule has 4 heterocycles. The number of hydrogen-bond donors (Lipinski definition) is 0. The van der Waals surface area contributed by atoms with E-state index >= 15 is 0 Å². The second kappa shape index (κ2) is 6.58. The van der Waals surface area contributed by atoms with Gasteiger partial charge in [0.25, 0.3) is 0 Å². The lowest BCUT2D eigenvalue weighted by molar-refractivity contribution is 0.0602. The Labute approximate surface area is 157 Å². The number of aromatic nitrogens is 2. The molecule has 0 saturated carbocycles. The van der Waals surface area contributed by atoms with Gasteiger partial charge in [-0.05, 0) is 22.9 Å². The predicted molar refractivity (Wildman–Crippen MR) is 94.8 cm³/mol. The lowest BCUT2D eigenvalue weighted by Gasteiger charge is -2.35. The molecule has 3 aromatic heterocycles. The van der Waals surface area contributed by atoms with Crippen LogP contribution in [-0.2, 0) is 14.8 Å². The molecule has 1 fully saturated rings. The molecule has 0 aromatic carbocycles. The summed E-state index contributed by atoms with van der Waals surface area (Å²) in [5.41, 5.74) is 0. The second-order valence-corrected chi connectivity index (χ2v) is 9.33. The average Bonchev–Trinajstić information content (AvgIpc) is 3.31. The first-order valence-electron chi connectivity index (χ1n) is 7.54. The summed E-state index contributed by atoms with van der Waals surface area (Å²) in [5.74, 6) is 0.0971. The van der Waals surface area contributed by atoms with E-state index < -0.39 is 16.0 Å². The van der Waals surface area contributed by atoms with Gasteiger partial charge in [-0.2, -0.15) is 9.29 Å². The molecule has 0 aliphatic carbocycles. The van der Waals surface area contributed by atoms with E-state index in [1.54, 1.807) is 5.38 Å². The number of thiophene rings is 2. The van der Waals surface area contributed by atoms with Crippen LogP contribution in [0.3, 0.4) is 0 Å². The van der Waals surface area contributed by atoms with Gasteiger partial charge in [0.05, 0.1) is 17.9 Å². The van der Waals surface area contributed by atoms with Crippen LogP contribution in [0.25, 0.3) is 10.7 Å². The normalized spacial score (nSPS) is 15.7. The molecule has 0 unspecified atom stereocenters. The van der Waals surface area contributed by atoms with Crippen molar-refractivity contribution < 1.29 is 22.5 Å². The van der Waals surface area contributed by atoms with Gasteiger partial charge in [-0.1, -0.05) is 11.2 Å². The molecule has 1 aliphatic rings. The second-order valence-electron chi connectivity index (χ2n) is 5.56. The van der Waals surface area contributed by atoms with Crippen LogP contribution in [0.1, 0.15) is 21.5 Å². The van der Waals surface area contributed by atoms with E-state index in [9.17, 15) is 13.2 Å². The molecule has 0 radical (unpaired) electrons. The Balaban J connectivity index is 1.49. The van der Waals surface area contributed by atoms with Gasteiger partial charge < -0.3 is 9.26 Å². The van der Waals surface area contributed by atoms with Crippen molar-refractivity contribution in [2.75, 3.05) is 20.2 Å². The maximum Gasteiger partial charge on any atom is 0.349 e. The summed E-state index contributed by atoms with van der Waals surface area (Å²) in [7, 11) is -2.55. The van der Waals surface area contributed by atoms with E-state index in [4.69, 9.17) is 4.52 Å². The molecule has 0 bridgehead atoms. The van der Waals surface area contributed by atoms with Crippen LogP contribution in [0, 0.1) is 0 Å².